The van der Waals surface area contributed by atoms with Crippen molar-refractivity contribution in [3.05, 3.63) is 16.5 Å². The molecule has 0 aliphatic carbocycles. The standard InChI is InChI=1S/C10H14ClNO2S/c1-7(10(13)14)5-6-12(2)9-4-3-8(11)15-9/h3-4,7H,5-6H2,1-2H3,(H,13,14). The second-order valence-electron chi connectivity index (χ2n) is 3.53. The van der Waals surface area contributed by atoms with Crippen molar-refractivity contribution >= 4 is 33.9 Å². The molecule has 1 N–H and O–H groups in total. The van der Waals surface area contributed by atoms with Crippen LogP contribution in [0.15, 0.2) is 12.1 Å². The number of thiophene rings is 1. The van der Waals surface area contributed by atoms with Crippen LogP contribution < -0.4 is 4.90 Å². The van der Waals surface area contributed by atoms with Crippen LogP contribution in [-0.2, 0) is 4.79 Å². The molecular weight excluding hydrogens is 234 g/mol. The van der Waals surface area contributed by atoms with Crippen LogP contribution >= 0.6 is 22.9 Å². The first-order valence-electron chi connectivity index (χ1n) is 4.70. The van der Waals surface area contributed by atoms with Gasteiger partial charge < -0.3 is 10.0 Å². The van der Waals surface area contributed by atoms with E-state index in [0.717, 1.165) is 15.9 Å². The number of carbonyl (C=O) groups is 1. The van der Waals surface area contributed by atoms with Crippen LogP contribution in [0, 0.1) is 5.92 Å². The zero-order valence-corrected chi connectivity index (χ0v) is 10.3. The van der Waals surface area contributed by atoms with Gasteiger partial charge in [0.2, 0.25) is 0 Å². The van der Waals surface area contributed by atoms with E-state index in [1.807, 2.05) is 24.1 Å². The van der Waals surface area contributed by atoms with Gasteiger partial charge in [-0.05, 0) is 18.6 Å². The number of nitrogens with zero attached hydrogens (tertiary/aromatic N) is 1. The fraction of sp³-hybridized carbons (Fsp3) is 0.500. The van der Waals surface area contributed by atoms with Gasteiger partial charge in [-0.2, -0.15) is 0 Å². The highest BCUT2D eigenvalue weighted by atomic mass is 35.5. The minimum absolute atomic E-state index is 0.303. The number of carboxylic acids is 1. The molecule has 1 heterocycles. The molecule has 1 atom stereocenters. The van der Waals surface area contributed by atoms with Crippen LogP contribution in [-0.4, -0.2) is 24.7 Å². The lowest BCUT2D eigenvalue weighted by Crippen LogP contribution is -2.22. The number of aliphatic carboxylic acids is 1. The second kappa shape index (κ2) is 5.37. The summed E-state index contributed by atoms with van der Waals surface area (Å²) in [5.74, 6) is -1.05. The van der Waals surface area contributed by atoms with E-state index in [9.17, 15) is 4.79 Å². The Hall–Kier alpha value is -0.740. The zero-order chi connectivity index (χ0) is 11.4. The first kappa shape index (κ1) is 12.3. The number of hydrogen-bond donors (Lipinski definition) is 1. The smallest absolute Gasteiger partial charge is 0.306 e. The van der Waals surface area contributed by atoms with E-state index in [0.29, 0.717) is 6.42 Å². The normalized spacial score (nSPS) is 12.5. The summed E-state index contributed by atoms with van der Waals surface area (Å²) in [5, 5.41) is 9.80. The Bertz CT molecular complexity index is 340. The van der Waals surface area contributed by atoms with Crippen molar-refractivity contribution in [3.63, 3.8) is 0 Å². The number of carboxylic acid groups (broad SMARTS) is 1. The highest BCUT2D eigenvalue weighted by Crippen LogP contribution is 2.28. The average Bonchev–Trinajstić information content (AvgIpc) is 2.60. The van der Waals surface area contributed by atoms with Gasteiger partial charge in [0.05, 0.1) is 15.3 Å². The number of rotatable bonds is 5. The molecule has 15 heavy (non-hydrogen) atoms. The Morgan fingerprint density at radius 1 is 1.67 bits per heavy atom. The quantitative estimate of drug-likeness (QED) is 0.870. The van der Waals surface area contributed by atoms with E-state index in [4.69, 9.17) is 16.7 Å². The minimum atomic E-state index is -0.743. The minimum Gasteiger partial charge on any atom is -0.481 e. The third kappa shape index (κ3) is 3.72. The molecule has 0 amide bonds. The van der Waals surface area contributed by atoms with E-state index in [1.54, 1.807) is 6.92 Å². The third-order valence-electron chi connectivity index (χ3n) is 2.25. The summed E-state index contributed by atoms with van der Waals surface area (Å²) < 4.78 is 0.753. The molecule has 1 rings (SSSR count). The van der Waals surface area contributed by atoms with Gasteiger partial charge >= 0.3 is 5.97 Å². The fourth-order valence-electron chi connectivity index (χ4n) is 1.13. The fourth-order valence-corrected chi connectivity index (χ4v) is 2.15. The molecule has 0 aliphatic heterocycles. The molecule has 0 aliphatic rings. The van der Waals surface area contributed by atoms with Crippen molar-refractivity contribution in [1.82, 2.24) is 0 Å². The van der Waals surface area contributed by atoms with Crippen molar-refractivity contribution in [2.24, 2.45) is 5.92 Å². The average molecular weight is 248 g/mol. The number of anilines is 1. The maximum Gasteiger partial charge on any atom is 0.306 e. The van der Waals surface area contributed by atoms with Crippen molar-refractivity contribution in [1.29, 1.82) is 0 Å². The van der Waals surface area contributed by atoms with Crippen molar-refractivity contribution in [2.45, 2.75) is 13.3 Å². The predicted octanol–water partition coefficient (Wildman–Crippen LogP) is 2.95. The largest absolute Gasteiger partial charge is 0.481 e. The molecule has 0 spiro atoms. The van der Waals surface area contributed by atoms with E-state index in [1.165, 1.54) is 11.3 Å². The monoisotopic (exact) mass is 247 g/mol. The Balaban J connectivity index is 2.43. The highest BCUT2D eigenvalue weighted by molar-refractivity contribution is 7.19. The maximum absolute atomic E-state index is 10.6. The predicted molar refractivity (Wildman–Crippen MR) is 64.0 cm³/mol. The Morgan fingerprint density at radius 2 is 2.33 bits per heavy atom. The van der Waals surface area contributed by atoms with Crippen LogP contribution in [0.2, 0.25) is 4.34 Å². The Labute approximate surface area is 98.3 Å². The van der Waals surface area contributed by atoms with Gasteiger partial charge in [0, 0.05) is 13.6 Å². The summed E-state index contributed by atoms with van der Waals surface area (Å²) in [5.41, 5.74) is 0. The Morgan fingerprint density at radius 3 is 2.80 bits per heavy atom. The first-order chi connectivity index (χ1) is 7.00. The molecule has 84 valence electrons. The van der Waals surface area contributed by atoms with E-state index in [-0.39, 0.29) is 5.92 Å². The lowest BCUT2D eigenvalue weighted by atomic mass is 10.1. The molecule has 1 aromatic heterocycles. The lowest BCUT2D eigenvalue weighted by Gasteiger charge is -2.17. The maximum atomic E-state index is 10.6. The van der Waals surface area contributed by atoms with Crippen LogP contribution in [0.1, 0.15) is 13.3 Å². The van der Waals surface area contributed by atoms with Crippen molar-refractivity contribution < 1.29 is 9.90 Å². The molecular formula is C10H14ClNO2S. The first-order valence-corrected chi connectivity index (χ1v) is 5.89. The molecule has 1 aromatic rings. The molecule has 5 heteroatoms. The summed E-state index contributed by atoms with van der Waals surface area (Å²) in [7, 11) is 1.94. The summed E-state index contributed by atoms with van der Waals surface area (Å²) in [4.78, 5) is 12.6. The van der Waals surface area contributed by atoms with Crippen LogP contribution in [0.5, 0.6) is 0 Å². The van der Waals surface area contributed by atoms with Gasteiger partial charge in [-0.3, -0.25) is 4.79 Å². The van der Waals surface area contributed by atoms with Gasteiger partial charge in [0.15, 0.2) is 0 Å². The highest BCUT2D eigenvalue weighted by Gasteiger charge is 2.12. The molecule has 0 aromatic carbocycles. The summed E-state index contributed by atoms with van der Waals surface area (Å²) in [6, 6.07) is 3.79. The molecule has 3 nitrogen and oxygen atoms in total. The van der Waals surface area contributed by atoms with E-state index in [2.05, 4.69) is 0 Å². The SMILES string of the molecule is CC(CCN(C)c1ccc(Cl)s1)C(=O)O. The molecule has 0 bridgehead atoms. The van der Waals surface area contributed by atoms with E-state index < -0.39 is 5.97 Å². The molecule has 0 fully saturated rings. The van der Waals surface area contributed by atoms with Gasteiger partial charge in [-0.1, -0.05) is 18.5 Å². The summed E-state index contributed by atoms with van der Waals surface area (Å²) in [6.45, 7) is 2.45. The van der Waals surface area contributed by atoms with Crippen molar-refractivity contribution in [2.75, 3.05) is 18.5 Å². The summed E-state index contributed by atoms with van der Waals surface area (Å²) in [6.07, 6.45) is 0.640. The number of hydrogen-bond acceptors (Lipinski definition) is 3. The zero-order valence-electron chi connectivity index (χ0n) is 8.74. The van der Waals surface area contributed by atoms with Crippen LogP contribution in [0.3, 0.4) is 0 Å². The van der Waals surface area contributed by atoms with Crippen molar-refractivity contribution in [3.8, 4) is 0 Å². The molecule has 0 radical (unpaired) electrons. The number of halogens is 1. The van der Waals surface area contributed by atoms with Gasteiger partial charge in [0.1, 0.15) is 0 Å². The van der Waals surface area contributed by atoms with Crippen LogP contribution in [0.4, 0.5) is 5.00 Å². The Kier molecular flexibility index (Phi) is 4.42. The van der Waals surface area contributed by atoms with Gasteiger partial charge in [-0.25, -0.2) is 0 Å². The summed E-state index contributed by atoms with van der Waals surface area (Å²) >= 11 is 7.32. The third-order valence-corrected chi connectivity index (χ3v) is 3.60. The molecule has 0 saturated heterocycles. The lowest BCUT2D eigenvalue weighted by molar-refractivity contribution is -0.141. The van der Waals surface area contributed by atoms with Gasteiger partial charge in [-0.15, -0.1) is 11.3 Å². The van der Waals surface area contributed by atoms with Gasteiger partial charge in [0.25, 0.3) is 0 Å². The van der Waals surface area contributed by atoms with Crippen LogP contribution in [0.25, 0.3) is 0 Å². The molecule has 1 unspecified atom stereocenters. The second-order valence-corrected chi connectivity index (χ2v) is 5.22. The molecule has 0 saturated carbocycles. The topological polar surface area (TPSA) is 40.5 Å². The van der Waals surface area contributed by atoms with E-state index >= 15 is 0 Å².